The summed E-state index contributed by atoms with van der Waals surface area (Å²) < 4.78 is 3.84. The van der Waals surface area contributed by atoms with E-state index < -0.39 is 0 Å². The van der Waals surface area contributed by atoms with Crippen molar-refractivity contribution in [1.82, 2.24) is 0 Å². The lowest BCUT2D eigenvalue weighted by molar-refractivity contribution is -0.523. The van der Waals surface area contributed by atoms with Gasteiger partial charge < -0.3 is 0 Å². The van der Waals surface area contributed by atoms with E-state index in [2.05, 4.69) is 9.63 Å². The van der Waals surface area contributed by atoms with Crippen LogP contribution in [0, 0.1) is 0 Å². The Hall–Kier alpha value is -0.0500. The molecule has 0 amide bonds. The van der Waals surface area contributed by atoms with Gasteiger partial charge in [0.25, 0.3) is 0 Å². The fraction of sp³-hybridized carbons (Fsp3) is 1.00. The molecule has 0 saturated carbocycles. The minimum Gasteiger partial charge on any atom is -0.130 e. The standard InChI is InChI=1S/C3H6N2S/c1-2-4-5-6-3-1/h1-3H2/p+1. The summed E-state index contributed by atoms with van der Waals surface area (Å²) in [5.74, 6) is 1.19. The summed E-state index contributed by atoms with van der Waals surface area (Å²) in [7, 11) is 0. The average molecular weight is 103 g/mol. The molecule has 0 fully saturated rings. The first-order valence-corrected chi connectivity index (χ1v) is 2.99. The van der Waals surface area contributed by atoms with E-state index in [1.807, 2.05) is 0 Å². The fourth-order valence-electron chi connectivity index (χ4n) is 0.353. The molecular formula is C3H7N2S+. The molecule has 0 radical (unpaired) electrons. The predicted octanol–water partition coefficient (Wildman–Crippen LogP) is -0.429. The number of nitrogens with zero attached hydrogens (tertiary/aromatic N) is 1. The highest BCUT2D eigenvalue weighted by molar-refractivity contribution is 7.97. The monoisotopic (exact) mass is 103 g/mol. The molecule has 1 N–H and O–H groups in total. The molecule has 1 aliphatic heterocycles. The van der Waals surface area contributed by atoms with E-state index in [-0.39, 0.29) is 0 Å². The summed E-state index contributed by atoms with van der Waals surface area (Å²) in [6, 6.07) is 0. The Balaban J connectivity index is 2.26. The van der Waals surface area contributed by atoms with Crippen LogP contribution in [0.5, 0.6) is 0 Å². The van der Waals surface area contributed by atoms with Gasteiger partial charge >= 0.3 is 0 Å². The highest BCUT2D eigenvalue weighted by atomic mass is 32.2. The molecular weight excluding hydrogens is 96.1 g/mol. The maximum absolute atomic E-state index is 3.84. The van der Waals surface area contributed by atoms with Crippen molar-refractivity contribution >= 4 is 11.9 Å². The molecule has 1 rings (SSSR count). The number of rotatable bonds is 0. The molecule has 0 saturated heterocycles. The van der Waals surface area contributed by atoms with E-state index >= 15 is 0 Å². The van der Waals surface area contributed by atoms with Crippen LogP contribution in [0.2, 0.25) is 0 Å². The third kappa shape index (κ3) is 0.971. The first kappa shape index (κ1) is 4.12. The van der Waals surface area contributed by atoms with Crippen molar-refractivity contribution in [3.63, 3.8) is 0 Å². The van der Waals surface area contributed by atoms with E-state index in [1.165, 1.54) is 12.2 Å². The van der Waals surface area contributed by atoms with Crippen LogP contribution < -0.4 is 5.11 Å². The normalized spacial score (nSPS) is 21.3. The van der Waals surface area contributed by atoms with E-state index in [0.29, 0.717) is 0 Å². The van der Waals surface area contributed by atoms with Crippen molar-refractivity contribution in [3.8, 4) is 0 Å². The van der Waals surface area contributed by atoms with Crippen LogP contribution in [-0.2, 0) is 0 Å². The summed E-state index contributed by atoms with van der Waals surface area (Å²) in [4.78, 5) is 0. The largest absolute Gasteiger partial charge is 0.167 e. The van der Waals surface area contributed by atoms with Gasteiger partial charge in [-0.25, -0.2) is 0 Å². The van der Waals surface area contributed by atoms with Crippen LogP contribution in [-0.4, -0.2) is 12.3 Å². The summed E-state index contributed by atoms with van der Waals surface area (Å²) in [6.07, 6.45) is 1.26. The fourth-order valence-corrected chi connectivity index (χ4v) is 0.900. The Labute approximate surface area is 41.2 Å². The Morgan fingerprint density at radius 2 is 2.67 bits per heavy atom. The van der Waals surface area contributed by atoms with Crippen LogP contribution in [0.3, 0.4) is 0 Å². The lowest BCUT2D eigenvalue weighted by atomic mass is 10.5. The summed E-state index contributed by atoms with van der Waals surface area (Å²) in [6.45, 7) is 1.06. The van der Waals surface area contributed by atoms with Gasteiger partial charge in [0.1, 0.15) is 0 Å². The van der Waals surface area contributed by atoms with Crippen LogP contribution in [0.4, 0.5) is 0 Å². The molecule has 0 bridgehead atoms. The predicted molar refractivity (Wildman–Crippen MR) is 25.3 cm³/mol. The van der Waals surface area contributed by atoms with Gasteiger partial charge in [-0.1, -0.05) is 0 Å². The quantitative estimate of drug-likeness (QED) is 0.414. The number of hydrogen-bond acceptors (Lipinski definition) is 2. The van der Waals surface area contributed by atoms with Crippen molar-refractivity contribution in [2.24, 2.45) is 4.52 Å². The number of hydrogen-bond donors (Lipinski definition) is 1. The van der Waals surface area contributed by atoms with Gasteiger partial charge in [0.15, 0.2) is 6.54 Å². The molecule has 3 heteroatoms. The van der Waals surface area contributed by atoms with E-state index in [0.717, 1.165) is 6.54 Å². The van der Waals surface area contributed by atoms with Gasteiger partial charge in [-0.2, -0.15) is 0 Å². The highest BCUT2D eigenvalue weighted by Crippen LogP contribution is 2.00. The van der Waals surface area contributed by atoms with Gasteiger partial charge in [-0.3, -0.25) is 0 Å². The molecule has 0 aromatic heterocycles. The molecule has 0 aromatic carbocycles. The molecule has 0 aromatic rings. The minimum atomic E-state index is 1.06. The summed E-state index contributed by atoms with van der Waals surface area (Å²) >= 11 is 1.61. The van der Waals surface area contributed by atoms with Crippen LogP contribution in [0.1, 0.15) is 6.42 Å². The molecule has 6 heavy (non-hydrogen) atoms. The minimum absolute atomic E-state index is 1.06. The summed E-state index contributed by atoms with van der Waals surface area (Å²) in [5, 5.41) is 2.87. The van der Waals surface area contributed by atoms with E-state index in [9.17, 15) is 0 Å². The second-order valence-electron chi connectivity index (χ2n) is 1.19. The zero-order chi connectivity index (χ0) is 4.24. The van der Waals surface area contributed by atoms with Crippen molar-refractivity contribution in [2.75, 3.05) is 12.3 Å². The first-order valence-electron chi connectivity index (χ1n) is 2.05. The SMILES string of the molecule is C1C[NH+]=NSC1. The Morgan fingerprint density at radius 1 is 1.67 bits per heavy atom. The van der Waals surface area contributed by atoms with Gasteiger partial charge in [-0.15, -0.1) is 5.11 Å². The molecule has 0 aliphatic carbocycles. The molecule has 1 heterocycles. The van der Waals surface area contributed by atoms with Crippen LogP contribution in [0.25, 0.3) is 0 Å². The lowest BCUT2D eigenvalue weighted by Gasteiger charge is -1.88. The van der Waals surface area contributed by atoms with Crippen molar-refractivity contribution in [3.05, 3.63) is 0 Å². The van der Waals surface area contributed by atoms with Crippen LogP contribution in [0.15, 0.2) is 4.52 Å². The van der Waals surface area contributed by atoms with Crippen molar-refractivity contribution in [1.29, 1.82) is 0 Å². The maximum atomic E-state index is 3.84. The Kier molecular flexibility index (Phi) is 1.50. The third-order valence-corrected chi connectivity index (χ3v) is 1.38. The van der Waals surface area contributed by atoms with Gasteiger partial charge in [0, 0.05) is 28.6 Å². The zero-order valence-corrected chi connectivity index (χ0v) is 4.29. The number of nitrogens with one attached hydrogen (secondary N) is 1. The Bertz CT molecular complexity index is 53.8. The van der Waals surface area contributed by atoms with E-state index in [4.69, 9.17) is 0 Å². The topological polar surface area (TPSA) is 26.3 Å². The highest BCUT2D eigenvalue weighted by Gasteiger charge is 1.96. The van der Waals surface area contributed by atoms with Crippen molar-refractivity contribution in [2.45, 2.75) is 6.42 Å². The first-order chi connectivity index (χ1) is 3.00. The second-order valence-corrected chi connectivity index (χ2v) is 2.04. The smallest absolute Gasteiger partial charge is 0.130 e. The molecule has 0 unspecified atom stereocenters. The molecule has 34 valence electrons. The lowest BCUT2D eigenvalue weighted by Crippen LogP contribution is -2.66. The van der Waals surface area contributed by atoms with Gasteiger partial charge in [-0.05, 0) is 0 Å². The Morgan fingerprint density at radius 3 is 2.83 bits per heavy atom. The maximum Gasteiger partial charge on any atom is 0.167 e. The van der Waals surface area contributed by atoms with E-state index in [1.54, 1.807) is 11.9 Å². The average Bonchev–Trinajstić information content (AvgIpc) is 1.72. The van der Waals surface area contributed by atoms with Gasteiger partial charge in [0.2, 0.25) is 0 Å². The zero-order valence-electron chi connectivity index (χ0n) is 3.48. The van der Waals surface area contributed by atoms with Crippen LogP contribution >= 0.6 is 11.9 Å². The molecule has 0 spiro atoms. The molecule has 0 atom stereocenters. The van der Waals surface area contributed by atoms with Gasteiger partial charge in [0.05, 0.1) is 0 Å². The third-order valence-electron chi connectivity index (χ3n) is 0.653. The molecule has 2 nitrogen and oxygen atoms in total. The molecule has 1 aliphatic rings. The summed E-state index contributed by atoms with van der Waals surface area (Å²) in [5.41, 5.74) is 0. The second kappa shape index (κ2) is 2.18. The van der Waals surface area contributed by atoms with Crippen molar-refractivity contribution < 1.29 is 5.11 Å².